The number of nitrogens with one attached hydrogen (secondary N) is 1. The topological polar surface area (TPSA) is 15.3 Å². The molecular formula is C9H18N2. The van der Waals surface area contributed by atoms with Crippen LogP contribution in [0.15, 0.2) is 0 Å². The van der Waals surface area contributed by atoms with Gasteiger partial charge in [-0.2, -0.15) is 0 Å². The van der Waals surface area contributed by atoms with Crippen LogP contribution >= 0.6 is 0 Å². The zero-order valence-electron chi connectivity index (χ0n) is 7.67. The fourth-order valence-corrected chi connectivity index (χ4v) is 2.37. The van der Waals surface area contributed by atoms with Gasteiger partial charge in [-0.15, -0.1) is 0 Å². The zero-order valence-corrected chi connectivity index (χ0v) is 7.67. The first kappa shape index (κ1) is 7.56. The Morgan fingerprint density at radius 2 is 1.82 bits per heavy atom. The molecule has 0 amide bonds. The molecule has 0 bridgehead atoms. The van der Waals surface area contributed by atoms with Crippen molar-refractivity contribution >= 4 is 0 Å². The van der Waals surface area contributed by atoms with Crippen molar-refractivity contribution in [3.8, 4) is 0 Å². The number of hydrogen-bond acceptors (Lipinski definition) is 2. The summed E-state index contributed by atoms with van der Waals surface area (Å²) in [6, 6.07) is 1.52. The summed E-state index contributed by atoms with van der Waals surface area (Å²) in [6.07, 6.45) is 0. The van der Waals surface area contributed by atoms with Gasteiger partial charge in [-0.3, -0.25) is 0 Å². The molecule has 0 radical (unpaired) electrons. The molecule has 2 aliphatic rings. The number of piperidine rings is 1. The van der Waals surface area contributed by atoms with Gasteiger partial charge >= 0.3 is 0 Å². The van der Waals surface area contributed by atoms with Crippen molar-refractivity contribution in [3.63, 3.8) is 0 Å². The first-order chi connectivity index (χ1) is 5.18. The highest BCUT2D eigenvalue weighted by Gasteiger charge is 2.54. The van der Waals surface area contributed by atoms with Crippen LogP contribution in [-0.2, 0) is 0 Å². The van der Waals surface area contributed by atoms with Crippen LogP contribution in [0.4, 0.5) is 0 Å². The van der Waals surface area contributed by atoms with Crippen LogP contribution < -0.4 is 5.32 Å². The van der Waals surface area contributed by atoms with E-state index in [9.17, 15) is 0 Å². The molecule has 2 rings (SSSR count). The second-order valence-electron chi connectivity index (χ2n) is 4.40. The smallest absolute Gasteiger partial charge is 0.0158 e. The summed E-state index contributed by atoms with van der Waals surface area (Å²) in [6.45, 7) is 7.10. The number of nitrogens with zero attached hydrogens (tertiary/aromatic N) is 1. The predicted molar refractivity (Wildman–Crippen MR) is 46.5 cm³/mol. The Hall–Kier alpha value is -0.0800. The average Bonchev–Trinajstić information content (AvgIpc) is 2.43. The summed E-state index contributed by atoms with van der Waals surface area (Å²) in [5.74, 6) is 1.95. The number of likely N-dealkylation sites (tertiary alicyclic amines) is 1. The molecule has 1 saturated heterocycles. The Kier molecular flexibility index (Phi) is 1.69. The molecule has 0 spiro atoms. The quantitative estimate of drug-likeness (QED) is 0.624. The summed E-state index contributed by atoms with van der Waals surface area (Å²) in [7, 11) is 2.22. The maximum atomic E-state index is 3.61. The van der Waals surface area contributed by atoms with Crippen molar-refractivity contribution in [3.05, 3.63) is 0 Å². The SMILES string of the molecule is CC(C)N[C@H]1[C@@H]2CN(C)C[C@@H]21. The van der Waals surface area contributed by atoms with E-state index in [0.717, 1.165) is 17.9 Å². The van der Waals surface area contributed by atoms with Gasteiger partial charge in [0.2, 0.25) is 0 Å². The minimum atomic E-state index is 0.663. The zero-order chi connectivity index (χ0) is 8.01. The molecule has 2 fully saturated rings. The van der Waals surface area contributed by atoms with Crippen LogP contribution in [0.2, 0.25) is 0 Å². The van der Waals surface area contributed by atoms with Crippen molar-refractivity contribution in [1.82, 2.24) is 10.2 Å². The lowest BCUT2D eigenvalue weighted by Crippen LogP contribution is -2.32. The summed E-state index contributed by atoms with van der Waals surface area (Å²) in [4.78, 5) is 2.44. The Labute approximate surface area is 69.0 Å². The molecule has 2 nitrogen and oxygen atoms in total. The highest BCUT2D eigenvalue weighted by Crippen LogP contribution is 2.44. The van der Waals surface area contributed by atoms with Crippen LogP contribution in [0.5, 0.6) is 0 Å². The number of fused-ring (bicyclic) bond motifs is 1. The monoisotopic (exact) mass is 154 g/mol. The van der Waals surface area contributed by atoms with Gasteiger partial charge < -0.3 is 10.2 Å². The molecular weight excluding hydrogens is 136 g/mol. The predicted octanol–water partition coefficient (Wildman–Crippen LogP) is 0.544. The van der Waals surface area contributed by atoms with Crippen molar-refractivity contribution in [2.75, 3.05) is 20.1 Å². The Morgan fingerprint density at radius 1 is 1.27 bits per heavy atom. The first-order valence-corrected chi connectivity index (χ1v) is 4.63. The second-order valence-corrected chi connectivity index (χ2v) is 4.40. The molecule has 0 aromatic rings. The van der Waals surface area contributed by atoms with E-state index < -0.39 is 0 Å². The van der Waals surface area contributed by atoms with Crippen LogP contribution in [0, 0.1) is 11.8 Å². The maximum absolute atomic E-state index is 3.61. The molecule has 64 valence electrons. The molecule has 1 aliphatic carbocycles. The molecule has 3 atom stereocenters. The van der Waals surface area contributed by atoms with Gasteiger partial charge in [-0.1, -0.05) is 13.8 Å². The summed E-state index contributed by atoms with van der Waals surface area (Å²) >= 11 is 0. The third kappa shape index (κ3) is 1.30. The third-order valence-corrected chi connectivity index (χ3v) is 2.90. The van der Waals surface area contributed by atoms with E-state index in [1.54, 1.807) is 0 Å². The maximum Gasteiger partial charge on any atom is 0.0158 e. The fraction of sp³-hybridized carbons (Fsp3) is 1.00. The molecule has 0 unspecified atom stereocenters. The molecule has 1 N–H and O–H groups in total. The van der Waals surface area contributed by atoms with E-state index in [0.29, 0.717) is 6.04 Å². The lowest BCUT2D eigenvalue weighted by molar-refractivity contribution is 0.343. The Balaban J connectivity index is 1.79. The van der Waals surface area contributed by atoms with E-state index >= 15 is 0 Å². The van der Waals surface area contributed by atoms with Gasteiger partial charge in [-0.25, -0.2) is 0 Å². The fourth-order valence-electron chi connectivity index (χ4n) is 2.37. The first-order valence-electron chi connectivity index (χ1n) is 4.63. The van der Waals surface area contributed by atoms with E-state index in [1.165, 1.54) is 13.1 Å². The van der Waals surface area contributed by atoms with Gasteiger partial charge in [0.05, 0.1) is 0 Å². The number of rotatable bonds is 2. The van der Waals surface area contributed by atoms with Gasteiger partial charge in [0.1, 0.15) is 0 Å². The lowest BCUT2D eigenvalue weighted by atomic mass is 10.3. The molecule has 1 heterocycles. The molecule has 1 aliphatic heterocycles. The molecule has 0 aromatic carbocycles. The highest BCUT2D eigenvalue weighted by atomic mass is 15.2. The third-order valence-electron chi connectivity index (χ3n) is 2.90. The van der Waals surface area contributed by atoms with Crippen LogP contribution in [-0.4, -0.2) is 37.1 Å². The normalized spacial score (nSPS) is 43.1. The Bertz CT molecular complexity index is 144. The second kappa shape index (κ2) is 2.46. The largest absolute Gasteiger partial charge is 0.311 e. The van der Waals surface area contributed by atoms with E-state index in [1.807, 2.05) is 0 Å². The molecule has 2 heteroatoms. The van der Waals surface area contributed by atoms with Crippen molar-refractivity contribution < 1.29 is 0 Å². The van der Waals surface area contributed by atoms with Gasteiger partial charge in [0, 0.05) is 25.2 Å². The summed E-state index contributed by atoms with van der Waals surface area (Å²) < 4.78 is 0. The number of hydrogen-bond donors (Lipinski definition) is 1. The minimum absolute atomic E-state index is 0.663. The van der Waals surface area contributed by atoms with Crippen LogP contribution in [0.1, 0.15) is 13.8 Å². The summed E-state index contributed by atoms with van der Waals surface area (Å²) in [5.41, 5.74) is 0. The lowest BCUT2D eigenvalue weighted by Gasteiger charge is -2.15. The van der Waals surface area contributed by atoms with Gasteiger partial charge in [0.25, 0.3) is 0 Å². The minimum Gasteiger partial charge on any atom is -0.311 e. The average molecular weight is 154 g/mol. The molecule has 0 aromatic heterocycles. The van der Waals surface area contributed by atoms with Crippen LogP contribution in [0.25, 0.3) is 0 Å². The van der Waals surface area contributed by atoms with E-state index in [-0.39, 0.29) is 0 Å². The summed E-state index contributed by atoms with van der Waals surface area (Å²) in [5, 5.41) is 3.61. The highest BCUT2D eigenvalue weighted by molar-refractivity contribution is 5.09. The van der Waals surface area contributed by atoms with Gasteiger partial charge in [0.15, 0.2) is 0 Å². The molecule has 11 heavy (non-hydrogen) atoms. The molecule has 1 saturated carbocycles. The van der Waals surface area contributed by atoms with Crippen molar-refractivity contribution in [2.24, 2.45) is 11.8 Å². The van der Waals surface area contributed by atoms with Gasteiger partial charge in [-0.05, 0) is 18.9 Å². The van der Waals surface area contributed by atoms with Crippen LogP contribution in [0.3, 0.4) is 0 Å². The standard InChI is InChI=1S/C9H18N2/c1-6(2)10-9-7-4-11(3)5-8(7)9/h6-10H,4-5H2,1-3H3/t7-,8+,9+. The van der Waals surface area contributed by atoms with E-state index in [2.05, 4.69) is 31.1 Å². The van der Waals surface area contributed by atoms with Crippen molar-refractivity contribution in [2.45, 2.75) is 25.9 Å². The Morgan fingerprint density at radius 3 is 2.27 bits per heavy atom. The van der Waals surface area contributed by atoms with E-state index in [4.69, 9.17) is 0 Å². The van der Waals surface area contributed by atoms with Crippen molar-refractivity contribution in [1.29, 1.82) is 0 Å².